The number of hydrogen-bond acceptors (Lipinski definition) is 3. The van der Waals surface area contributed by atoms with Gasteiger partial charge in [0.2, 0.25) is 5.91 Å². The van der Waals surface area contributed by atoms with Crippen LogP contribution in [-0.4, -0.2) is 16.9 Å². The van der Waals surface area contributed by atoms with Crippen molar-refractivity contribution in [3.63, 3.8) is 0 Å². The molecule has 1 heterocycles. The topological polar surface area (TPSA) is 88.0 Å². The van der Waals surface area contributed by atoms with E-state index in [9.17, 15) is 9.59 Å². The maximum Gasteiger partial charge on any atom is 0.250 e. The van der Waals surface area contributed by atoms with Crippen molar-refractivity contribution in [2.75, 3.05) is 5.32 Å². The fourth-order valence-corrected chi connectivity index (χ4v) is 0.926. The van der Waals surface area contributed by atoms with E-state index in [0.717, 1.165) is 0 Å². The quantitative estimate of drug-likeness (QED) is 0.688. The van der Waals surface area contributed by atoms with Gasteiger partial charge in [-0.05, 0) is 19.9 Å². The molecular weight excluding hydrogens is 218 g/mol. The number of halogens is 1. The van der Waals surface area contributed by atoms with Crippen LogP contribution < -0.4 is 16.6 Å². The number of nitrogens with two attached hydrogens (primary N) is 1. The molecule has 0 bridgehead atoms. The van der Waals surface area contributed by atoms with E-state index < -0.39 is 6.04 Å². The van der Waals surface area contributed by atoms with E-state index in [0.29, 0.717) is 11.3 Å². The van der Waals surface area contributed by atoms with Crippen molar-refractivity contribution >= 4 is 24.0 Å². The smallest absolute Gasteiger partial charge is 0.250 e. The highest BCUT2D eigenvalue weighted by Crippen LogP contribution is 2.04. The van der Waals surface area contributed by atoms with Crippen molar-refractivity contribution in [2.24, 2.45) is 5.73 Å². The zero-order valence-electron chi connectivity index (χ0n) is 8.53. The molecule has 0 aliphatic rings. The molecule has 0 aliphatic carbocycles. The molecule has 1 unspecified atom stereocenters. The molecule has 1 aromatic heterocycles. The molecule has 4 N–H and O–H groups in total. The Bertz CT molecular complexity index is 401. The molecule has 15 heavy (non-hydrogen) atoms. The Kier molecular flexibility index (Phi) is 5.04. The number of rotatable bonds is 2. The lowest BCUT2D eigenvalue weighted by atomic mass is 10.2. The van der Waals surface area contributed by atoms with Gasteiger partial charge in [-0.2, -0.15) is 0 Å². The molecule has 0 saturated carbocycles. The van der Waals surface area contributed by atoms with Crippen molar-refractivity contribution < 1.29 is 4.79 Å². The number of hydrogen-bond donors (Lipinski definition) is 3. The van der Waals surface area contributed by atoms with Gasteiger partial charge in [0.1, 0.15) is 0 Å². The van der Waals surface area contributed by atoms with E-state index in [4.69, 9.17) is 5.73 Å². The summed E-state index contributed by atoms with van der Waals surface area (Å²) in [5.74, 6) is -0.281. The van der Waals surface area contributed by atoms with Gasteiger partial charge in [-0.25, -0.2) is 0 Å². The summed E-state index contributed by atoms with van der Waals surface area (Å²) in [7, 11) is 0. The lowest BCUT2D eigenvalue weighted by molar-refractivity contribution is -0.117. The third kappa shape index (κ3) is 3.73. The van der Waals surface area contributed by atoms with Crippen LogP contribution in [0.5, 0.6) is 0 Å². The van der Waals surface area contributed by atoms with Gasteiger partial charge < -0.3 is 16.0 Å². The van der Waals surface area contributed by atoms with Crippen LogP contribution in [0.2, 0.25) is 0 Å². The molecule has 0 aromatic carbocycles. The maximum absolute atomic E-state index is 11.2. The third-order valence-electron chi connectivity index (χ3n) is 1.77. The van der Waals surface area contributed by atoms with E-state index >= 15 is 0 Å². The number of pyridine rings is 1. The number of nitrogens with one attached hydrogen (secondary N) is 2. The van der Waals surface area contributed by atoms with Gasteiger partial charge >= 0.3 is 0 Å². The molecule has 0 aliphatic heterocycles. The number of carbonyl (C=O) groups is 1. The summed E-state index contributed by atoms with van der Waals surface area (Å²) in [6, 6.07) is 1.03. The number of carbonyl (C=O) groups excluding carboxylic acids is 1. The van der Waals surface area contributed by atoms with Crippen molar-refractivity contribution in [2.45, 2.75) is 19.9 Å². The van der Waals surface area contributed by atoms with Crippen LogP contribution in [0.15, 0.2) is 17.1 Å². The van der Waals surface area contributed by atoms with E-state index in [1.54, 1.807) is 19.9 Å². The summed E-state index contributed by atoms with van der Waals surface area (Å²) in [6.45, 7) is 3.26. The van der Waals surface area contributed by atoms with Crippen molar-refractivity contribution in [3.8, 4) is 0 Å². The Labute approximate surface area is 93.5 Å². The van der Waals surface area contributed by atoms with Gasteiger partial charge in [-0.1, -0.05) is 0 Å². The summed E-state index contributed by atoms with van der Waals surface area (Å²) in [5.41, 5.74) is 6.30. The average molecular weight is 232 g/mol. The molecule has 0 saturated heterocycles. The molecule has 1 atom stereocenters. The van der Waals surface area contributed by atoms with Crippen LogP contribution in [0.4, 0.5) is 5.69 Å². The fourth-order valence-electron chi connectivity index (χ4n) is 0.926. The largest absolute Gasteiger partial charge is 0.327 e. The molecule has 1 aromatic rings. The number of H-pyrrole nitrogens is 1. The second-order valence-corrected chi connectivity index (χ2v) is 3.18. The number of amides is 1. The van der Waals surface area contributed by atoms with Crippen LogP contribution in [0.25, 0.3) is 0 Å². The first-order chi connectivity index (χ1) is 6.50. The lowest BCUT2D eigenvalue weighted by Crippen LogP contribution is -2.32. The van der Waals surface area contributed by atoms with Crippen LogP contribution in [-0.2, 0) is 4.79 Å². The zero-order valence-corrected chi connectivity index (χ0v) is 9.35. The van der Waals surface area contributed by atoms with Gasteiger partial charge in [0.05, 0.1) is 11.7 Å². The predicted octanol–water partition coefficient (Wildman–Crippen LogP) is 0.391. The Morgan fingerprint density at radius 2 is 2.20 bits per heavy atom. The SMILES string of the molecule is Cc1cc(NC(=O)C(C)N)c[nH]c1=O.Cl. The highest BCUT2D eigenvalue weighted by atomic mass is 35.5. The number of aromatic amines is 1. The van der Waals surface area contributed by atoms with Gasteiger partial charge in [-0.3, -0.25) is 9.59 Å². The van der Waals surface area contributed by atoms with Gasteiger partial charge in [0, 0.05) is 11.8 Å². The Morgan fingerprint density at radius 1 is 1.60 bits per heavy atom. The number of aromatic nitrogens is 1. The standard InChI is InChI=1S/C9H13N3O2.ClH/c1-5-3-7(4-11-8(5)13)12-9(14)6(2)10;/h3-4,6H,10H2,1-2H3,(H,11,13)(H,12,14);1H. The van der Waals surface area contributed by atoms with Crippen molar-refractivity contribution in [1.82, 2.24) is 4.98 Å². The van der Waals surface area contributed by atoms with E-state index in [1.807, 2.05) is 0 Å². The first-order valence-corrected chi connectivity index (χ1v) is 4.26. The van der Waals surface area contributed by atoms with Crippen LogP contribution in [0, 0.1) is 6.92 Å². The number of anilines is 1. The summed E-state index contributed by atoms with van der Waals surface area (Å²) < 4.78 is 0. The maximum atomic E-state index is 11.2. The minimum absolute atomic E-state index is 0. The fraction of sp³-hybridized carbons (Fsp3) is 0.333. The summed E-state index contributed by atoms with van der Waals surface area (Å²) in [5, 5.41) is 2.58. The monoisotopic (exact) mass is 231 g/mol. The third-order valence-corrected chi connectivity index (χ3v) is 1.77. The molecule has 0 spiro atoms. The molecule has 6 heteroatoms. The van der Waals surface area contributed by atoms with Crippen LogP contribution >= 0.6 is 12.4 Å². The second kappa shape index (κ2) is 5.53. The van der Waals surface area contributed by atoms with Crippen LogP contribution in [0.3, 0.4) is 0 Å². The normalized spacial score (nSPS) is 11.4. The Hall–Kier alpha value is -1.33. The first-order valence-electron chi connectivity index (χ1n) is 4.26. The summed E-state index contributed by atoms with van der Waals surface area (Å²) >= 11 is 0. The molecular formula is C9H14ClN3O2. The minimum atomic E-state index is -0.567. The molecule has 1 rings (SSSR count). The van der Waals surface area contributed by atoms with Crippen molar-refractivity contribution in [1.29, 1.82) is 0 Å². The molecule has 84 valence electrons. The Balaban J connectivity index is 0.00000196. The summed E-state index contributed by atoms with van der Waals surface area (Å²) in [4.78, 5) is 24.7. The molecule has 1 amide bonds. The first kappa shape index (κ1) is 13.7. The molecule has 0 radical (unpaired) electrons. The van der Waals surface area contributed by atoms with E-state index in [1.165, 1.54) is 6.20 Å². The van der Waals surface area contributed by atoms with Gasteiger partial charge in [0.15, 0.2) is 0 Å². The minimum Gasteiger partial charge on any atom is -0.327 e. The highest BCUT2D eigenvalue weighted by Gasteiger charge is 2.07. The molecule has 5 nitrogen and oxygen atoms in total. The predicted molar refractivity (Wildman–Crippen MR) is 61.3 cm³/mol. The lowest BCUT2D eigenvalue weighted by Gasteiger charge is -2.07. The van der Waals surface area contributed by atoms with Crippen LogP contribution in [0.1, 0.15) is 12.5 Å². The number of aryl methyl sites for hydroxylation is 1. The second-order valence-electron chi connectivity index (χ2n) is 3.18. The van der Waals surface area contributed by atoms with E-state index in [-0.39, 0.29) is 23.9 Å². The highest BCUT2D eigenvalue weighted by molar-refractivity contribution is 5.94. The van der Waals surface area contributed by atoms with Gasteiger partial charge in [-0.15, -0.1) is 12.4 Å². The Morgan fingerprint density at radius 3 is 2.67 bits per heavy atom. The summed E-state index contributed by atoms with van der Waals surface area (Å²) in [6.07, 6.45) is 1.44. The molecule has 0 fully saturated rings. The van der Waals surface area contributed by atoms with Gasteiger partial charge in [0.25, 0.3) is 5.56 Å². The van der Waals surface area contributed by atoms with Crippen molar-refractivity contribution in [3.05, 3.63) is 28.2 Å². The van der Waals surface area contributed by atoms with E-state index in [2.05, 4.69) is 10.3 Å². The average Bonchev–Trinajstić information content (AvgIpc) is 2.11. The zero-order chi connectivity index (χ0) is 10.7.